The van der Waals surface area contributed by atoms with Crippen LogP contribution in [0.2, 0.25) is 0 Å². The van der Waals surface area contributed by atoms with Crippen molar-refractivity contribution >= 4 is 30.8 Å². The van der Waals surface area contributed by atoms with Gasteiger partial charge in [-0.25, -0.2) is 4.52 Å². The molecule has 3 aromatic carbocycles. The normalized spacial score (nSPS) is 12.1. The van der Waals surface area contributed by atoms with Crippen molar-refractivity contribution in [1.29, 1.82) is 0 Å². The molecule has 41 heavy (non-hydrogen) atoms. The molecule has 1 amide bonds. The van der Waals surface area contributed by atoms with Crippen molar-refractivity contribution in [3.8, 4) is 17.2 Å². The van der Waals surface area contributed by atoms with E-state index >= 15 is 0 Å². The minimum Gasteiger partial charge on any atom is -0.497 e. The molecule has 0 fully saturated rings. The number of aliphatic hydroxyl groups excluding tert-OH is 1. The van der Waals surface area contributed by atoms with Crippen LogP contribution in [0, 0.1) is 0 Å². The summed E-state index contributed by atoms with van der Waals surface area (Å²) in [5.41, 5.74) is 0.743. The molecule has 4 aromatic rings. The predicted octanol–water partition coefficient (Wildman–Crippen LogP) is 5.23. The number of rotatable bonds is 12. The van der Waals surface area contributed by atoms with Crippen molar-refractivity contribution in [3.05, 3.63) is 94.3 Å². The predicted molar refractivity (Wildman–Crippen MR) is 156 cm³/mol. The molecule has 4 rings (SSSR count). The number of carbonyl (C=O) groups excluding carboxylic acids is 1. The van der Waals surface area contributed by atoms with Crippen LogP contribution in [-0.4, -0.2) is 42.5 Å². The van der Waals surface area contributed by atoms with Gasteiger partial charge in [-0.3, -0.25) is 9.59 Å². The average molecular weight is 580 g/mol. The van der Waals surface area contributed by atoms with Gasteiger partial charge in [-0.1, -0.05) is 30.3 Å². The number of methoxy groups -OCH3 is 2. The van der Waals surface area contributed by atoms with E-state index in [1.165, 1.54) is 16.6 Å². The number of nitrogens with zero attached hydrogens (tertiary/aromatic N) is 2. The van der Waals surface area contributed by atoms with Crippen LogP contribution in [0.4, 0.5) is 5.69 Å². The lowest BCUT2D eigenvalue weighted by Crippen LogP contribution is -2.36. The van der Waals surface area contributed by atoms with Gasteiger partial charge >= 0.3 is 8.25 Å². The second kappa shape index (κ2) is 13.4. The zero-order valence-electron chi connectivity index (χ0n) is 23.3. The van der Waals surface area contributed by atoms with Crippen LogP contribution in [-0.2, 0) is 22.7 Å². The van der Waals surface area contributed by atoms with Gasteiger partial charge in [-0.05, 0) is 43.3 Å². The van der Waals surface area contributed by atoms with Gasteiger partial charge in [0.2, 0.25) is 5.75 Å². The summed E-state index contributed by atoms with van der Waals surface area (Å²) in [5.74, 6) is 0.271. The molecular weight excluding hydrogens is 547 g/mol. The summed E-state index contributed by atoms with van der Waals surface area (Å²) in [6.45, 7) is 1.52. The number of fused-ring (bicyclic) bond motifs is 1. The topological polar surface area (TPSA) is 117 Å². The quantitative estimate of drug-likeness (QED) is 0.227. The van der Waals surface area contributed by atoms with E-state index in [1.807, 2.05) is 6.07 Å². The number of pyridine rings is 1. The first-order valence-corrected chi connectivity index (χ1v) is 14.0. The molecule has 0 radical (unpaired) electrons. The maximum atomic E-state index is 14.4. The third kappa shape index (κ3) is 6.57. The summed E-state index contributed by atoms with van der Waals surface area (Å²) in [6.07, 6.45) is -0.345. The fraction of sp³-hybridized carbons (Fsp3) is 0.267. The Labute approximate surface area is 238 Å². The molecule has 0 aliphatic carbocycles. The third-order valence-corrected chi connectivity index (χ3v) is 7.44. The molecule has 0 spiro atoms. The first-order chi connectivity index (χ1) is 19.8. The molecule has 2 atom stereocenters. The van der Waals surface area contributed by atoms with E-state index in [-0.39, 0.29) is 30.9 Å². The van der Waals surface area contributed by atoms with E-state index in [0.29, 0.717) is 33.7 Å². The number of aryl methyl sites for hydroxylation is 1. The van der Waals surface area contributed by atoms with E-state index < -0.39 is 25.8 Å². The van der Waals surface area contributed by atoms with Crippen LogP contribution < -0.4 is 24.5 Å². The SMILES string of the molecule is COc1ccc(CN(C(=O)c2c(O[P+](=O)OC(C)CCO)c3ccccc3n(C)c2=O)c2ccccc2)c(OC)c1. The van der Waals surface area contributed by atoms with E-state index in [0.717, 1.165) is 0 Å². The highest BCUT2D eigenvalue weighted by Crippen LogP contribution is 2.38. The molecule has 1 N–H and O–H groups in total. The fourth-order valence-electron chi connectivity index (χ4n) is 4.40. The summed E-state index contributed by atoms with van der Waals surface area (Å²) in [5, 5.41) is 9.61. The van der Waals surface area contributed by atoms with Gasteiger partial charge in [0, 0.05) is 47.3 Å². The van der Waals surface area contributed by atoms with E-state index in [9.17, 15) is 19.3 Å². The Hall–Kier alpha value is -4.24. The highest BCUT2D eigenvalue weighted by molar-refractivity contribution is 7.33. The number of ether oxygens (including phenoxy) is 2. The number of hydrogen-bond acceptors (Lipinski definition) is 8. The number of anilines is 1. The summed E-state index contributed by atoms with van der Waals surface area (Å²) < 4.78 is 36.3. The van der Waals surface area contributed by atoms with Gasteiger partial charge in [-0.2, -0.15) is 0 Å². The second-order valence-electron chi connectivity index (χ2n) is 9.23. The van der Waals surface area contributed by atoms with E-state index in [2.05, 4.69) is 0 Å². The van der Waals surface area contributed by atoms with Crippen molar-refractivity contribution in [3.63, 3.8) is 0 Å². The molecule has 10 nitrogen and oxygen atoms in total. The Balaban J connectivity index is 1.87. The number of carbonyl (C=O) groups is 1. The lowest BCUT2D eigenvalue weighted by molar-refractivity contribution is 0.0981. The molecule has 0 bridgehead atoms. The monoisotopic (exact) mass is 579 g/mol. The smallest absolute Gasteiger partial charge is 0.497 e. The van der Waals surface area contributed by atoms with Crippen LogP contribution in [0.5, 0.6) is 17.2 Å². The van der Waals surface area contributed by atoms with Crippen molar-refractivity contribution in [1.82, 2.24) is 4.57 Å². The largest absolute Gasteiger partial charge is 0.750 e. The minimum absolute atomic E-state index is 0.0433. The first-order valence-electron chi connectivity index (χ1n) is 12.9. The van der Waals surface area contributed by atoms with Gasteiger partial charge in [0.1, 0.15) is 17.6 Å². The van der Waals surface area contributed by atoms with Gasteiger partial charge < -0.3 is 24.0 Å². The zero-order chi connectivity index (χ0) is 29.5. The van der Waals surface area contributed by atoms with Crippen molar-refractivity contribution in [2.45, 2.75) is 26.0 Å². The Morgan fingerprint density at radius 1 is 1.02 bits per heavy atom. The number of para-hydroxylation sites is 2. The molecular formula is C30H32N2O8P+. The number of aromatic nitrogens is 1. The lowest BCUT2D eigenvalue weighted by atomic mass is 10.1. The van der Waals surface area contributed by atoms with Gasteiger partial charge in [-0.15, -0.1) is 4.52 Å². The van der Waals surface area contributed by atoms with E-state index in [4.69, 9.17) is 18.5 Å². The molecule has 0 saturated carbocycles. The summed E-state index contributed by atoms with van der Waals surface area (Å²) >= 11 is 0. The fourth-order valence-corrected chi connectivity index (χ4v) is 5.18. The number of aliphatic hydroxyl groups is 1. The Bertz CT molecular complexity index is 1610. The zero-order valence-corrected chi connectivity index (χ0v) is 24.2. The van der Waals surface area contributed by atoms with Crippen LogP contribution in [0.15, 0.2) is 77.6 Å². The van der Waals surface area contributed by atoms with Crippen LogP contribution in [0.1, 0.15) is 29.3 Å². The molecule has 0 saturated heterocycles. The Morgan fingerprint density at radius 2 is 1.73 bits per heavy atom. The maximum Gasteiger partial charge on any atom is 0.750 e. The molecule has 0 aliphatic rings. The molecule has 214 valence electrons. The summed E-state index contributed by atoms with van der Waals surface area (Å²) in [6, 6.07) is 21.0. The highest BCUT2D eigenvalue weighted by Gasteiger charge is 2.35. The highest BCUT2D eigenvalue weighted by atomic mass is 31.1. The Morgan fingerprint density at radius 3 is 2.41 bits per heavy atom. The number of hydrogen-bond donors (Lipinski definition) is 1. The first kappa shape index (κ1) is 29.7. The van der Waals surface area contributed by atoms with Gasteiger partial charge in [0.25, 0.3) is 11.5 Å². The standard InChI is InChI=1S/C30H32N2O8P/c1-20(16-17-33)39-41(36)40-28-24-12-8-9-13-25(24)31(2)29(34)27(28)30(35)32(22-10-6-5-7-11-22)19-21-14-15-23(37-3)18-26(21)38-4/h5-15,18,20,33H,16-17,19H2,1-4H3/q+1. The Kier molecular flexibility index (Phi) is 9.73. The van der Waals surface area contributed by atoms with E-state index in [1.54, 1.807) is 87.8 Å². The molecule has 1 aromatic heterocycles. The van der Waals surface area contributed by atoms with Gasteiger partial charge in [0.05, 0.1) is 26.3 Å². The second-order valence-corrected chi connectivity index (χ2v) is 10.1. The van der Waals surface area contributed by atoms with Crippen molar-refractivity contribution in [2.24, 2.45) is 7.05 Å². The number of amides is 1. The summed E-state index contributed by atoms with van der Waals surface area (Å²) in [7, 11) is 1.83. The minimum atomic E-state index is -2.79. The lowest BCUT2D eigenvalue weighted by Gasteiger charge is -2.25. The molecule has 1 heterocycles. The molecule has 11 heteroatoms. The van der Waals surface area contributed by atoms with Gasteiger partial charge in [0.15, 0.2) is 5.56 Å². The van der Waals surface area contributed by atoms with Crippen molar-refractivity contribution < 1.29 is 33.0 Å². The molecule has 0 aliphatic heterocycles. The maximum absolute atomic E-state index is 14.4. The molecule has 2 unspecified atom stereocenters. The van der Waals surface area contributed by atoms with Crippen LogP contribution in [0.3, 0.4) is 0 Å². The third-order valence-electron chi connectivity index (χ3n) is 6.57. The van der Waals surface area contributed by atoms with Crippen molar-refractivity contribution in [2.75, 3.05) is 25.7 Å². The van der Waals surface area contributed by atoms with Crippen LogP contribution >= 0.6 is 8.25 Å². The average Bonchev–Trinajstić information content (AvgIpc) is 2.98. The number of benzene rings is 3. The summed E-state index contributed by atoms with van der Waals surface area (Å²) in [4.78, 5) is 29.6. The van der Waals surface area contributed by atoms with Crippen LogP contribution in [0.25, 0.3) is 10.9 Å².